The molecular formula is C26H30N4O3S. The quantitative estimate of drug-likeness (QED) is 0.444. The van der Waals surface area contributed by atoms with Gasteiger partial charge >= 0.3 is 0 Å². The first kappa shape index (κ1) is 24.0. The second-order valence-corrected chi connectivity index (χ2v) is 9.52. The van der Waals surface area contributed by atoms with Crippen LogP contribution in [0.5, 0.6) is 0 Å². The zero-order valence-corrected chi connectivity index (χ0v) is 20.9. The third-order valence-corrected chi connectivity index (χ3v) is 7.53. The topological polar surface area (TPSA) is 73.8 Å². The van der Waals surface area contributed by atoms with Gasteiger partial charge in [0.15, 0.2) is 5.13 Å². The van der Waals surface area contributed by atoms with Gasteiger partial charge in [-0.2, -0.15) is 0 Å². The van der Waals surface area contributed by atoms with E-state index in [4.69, 9.17) is 4.98 Å². The highest BCUT2D eigenvalue weighted by Gasteiger charge is 2.31. The van der Waals surface area contributed by atoms with Crippen LogP contribution in [0, 0.1) is 13.8 Å². The Morgan fingerprint density at radius 3 is 2.41 bits per heavy atom. The third kappa shape index (κ3) is 4.60. The van der Waals surface area contributed by atoms with E-state index in [1.54, 1.807) is 29.2 Å². The molecule has 0 spiro atoms. The van der Waals surface area contributed by atoms with Crippen molar-refractivity contribution >= 4 is 50.1 Å². The molecule has 2 heterocycles. The maximum absolute atomic E-state index is 13.8. The molecule has 0 saturated carbocycles. The number of imide groups is 1. The summed E-state index contributed by atoms with van der Waals surface area (Å²) >= 11 is 1.51. The van der Waals surface area contributed by atoms with E-state index in [0.29, 0.717) is 22.9 Å². The number of aromatic nitrogens is 1. The summed E-state index contributed by atoms with van der Waals surface area (Å²) in [6.07, 6.45) is 0.412. The fourth-order valence-electron chi connectivity index (χ4n) is 4.19. The number of hydrogen-bond acceptors (Lipinski definition) is 6. The Hall–Kier alpha value is -3.10. The van der Waals surface area contributed by atoms with E-state index in [-0.39, 0.29) is 30.6 Å². The fraction of sp³-hybridized carbons (Fsp3) is 0.385. The van der Waals surface area contributed by atoms with E-state index in [2.05, 4.69) is 44.7 Å². The molecular weight excluding hydrogens is 448 g/mol. The summed E-state index contributed by atoms with van der Waals surface area (Å²) in [4.78, 5) is 48.3. The van der Waals surface area contributed by atoms with Crippen molar-refractivity contribution in [2.75, 3.05) is 36.0 Å². The van der Waals surface area contributed by atoms with Crippen molar-refractivity contribution in [1.82, 2.24) is 9.88 Å². The average molecular weight is 479 g/mol. The third-order valence-electron chi connectivity index (χ3n) is 6.49. The lowest BCUT2D eigenvalue weighted by atomic mass is 10.1. The van der Waals surface area contributed by atoms with Crippen LogP contribution in [0.3, 0.4) is 0 Å². The van der Waals surface area contributed by atoms with Crippen molar-refractivity contribution < 1.29 is 14.4 Å². The Kier molecular flexibility index (Phi) is 7.09. The van der Waals surface area contributed by atoms with Gasteiger partial charge < -0.3 is 4.90 Å². The Labute approximate surface area is 204 Å². The van der Waals surface area contributed by atoms with Gasteiger partial charge in [-0.15, -0.1) is 0 Å². The molecule has 8 heteroatoms. The monoisotopic (exact) mass is 478 g/mol. The maximum atomic E-state index is 13.8. The molecule has 178 valence electrons. The van der Waals surface area contributed by atoms with Gasteiger partial charge in [0.25, 0.3) is 5.91 Å². The molecule has 0 N–H and O–H groups in total. The molecule has 1 fully saturated rings. The first-order chi connectivity index (χ1) is 16.3. The van der Waals surface area contributed by atoms with Crippen molar-refractivity contribution in [3.05, 3.63) is 53.1 Å². The standard InChI is InChI=1S/C26H30N4O3S/c1-5-28(6-2)14-15-29(26-27-24-18(4)17(3)10-11-21(24)34-26)25(33)19-8-7-9-20(16-19)30-22(31)12-13-23(30)32/h7-11,16H,5-6,12-15H2,1-4H3. The number of hydrogen-bond donors (Lipinski definition) is 0. The van der Waals surface area contributed by atoms with Crippen LogP contribution in [-0.4, -0.2) is 53.8 Å². The van der Waals surface area contributed by atoms with E-state index < -0.39 is 0 Å². The SMILES string of the molecule is CCN(CC)CCN(C(=O)c1cccc(N2C(=O)CCC2=O)c1)c1nc2c(C)c(C)ccc2s1. The molecule has 3 amide bonds. The van der Waals surface area contributed by atoms with Crippen LogP contribution in [0.2, 0.25) is 0 Å². The molecule has 0 unspecified atom stereocenters. The predicted molar refractivity (Wildman–Crippen MR) is 137 cm³/mol. The van der Waals surface area contributed by atoms with E-state index in [9.17, 15) is 14.4 Å². The minimum absolute atomic E-state index is 0.193. The molecule has 0 atom stereocenters. The minimum atomic E-state index is -0.231. The van der Waals surface area contributed by atoms with E-state index >= 15 is 0 Å². The first-order valence-electron chi connectivity index (χ1n) is 11.7. The van der Waals surface area contributed by atoms with Crippen molar-refractivity contribution in [3.8, 4) is 0 Å². The summed E-state index contributed by atoms with van der Waals surface area (Å²) in [7, 11) is 0. The van der Waals surface area contributed by atoms with E-state index in [1.165, 1.54) is 16.2 Å². The first-order valence-corrected chi connectivity index (χ1v) is 12.5. The zero-order valence-electron chi connectivity index (χ0n) is 20.1. The molecule has 1 aliphatic heterocycles. The van der Waals surface area contributed by atoms with Crippen molar-refractivity contribution in [2.24, 2.45) is 0 Å². The van der Waals surface area contributed by atoms with Gasteiger partial charge in [0.05, 0.1) is 15.9 Å². The Morgan fingerprint density at radius 1 is 1.03 bits per heavy atom. The molecule has 0 bridgehead atoms. The number of nitrogens with zero attached hydrogens (tertiary/aromatic N) is 4. The lowest BCUT2D eigenvalue weighted by Crippen LogP contribution is -2.39. The lowest BCUT2D eigenvalue weighted by molar-refractivity contribution is -0.121. The van der Waals surface area contributed by atoms with Crippen molar-refractivity contribution in [3.63, 3.8) is 0 Å². The second kappa shape index (κ2) is 10.0. The van der Waals surface area contributed by atoms with Crippen LogP contribution < -0.4 is 9.80 Å². The van der Waals surface area contributed by atoms with Gasteiger partial charge in [0, 0.05) is 31.5 Å². The molecule has 7 nitrogen and oxygen atoms in total. The van der Waals surface area contributed by atoms with Gasteiger partial charge in [-0.1, -0.05) is 37.3 Å². The number of rotatable bonds is 8. The lowest BCUT2D eigenvalue weighted by Gasteiger charge is -2.25. The predicted octanol–water partition coefficient (Wildman–Crippen LogP) is 4.56. The van der Waals surface area contributed by atoms with Crippen LogP contribution in [0.15, 0.2) is 36.4 Å². The highest BCUT2D eigenvalue weighted by Crippen LogP contribution is 2.33. The van der Waals surface area contributed by atoms with Gasteiger partial charge in [0.2, 0.25) is 11.8 Å². The van der Waals surface area contributed by atoms with Crippen LogP contribution >= 0.6 is 11.3 Å². The summed E-state index contributed by atoms with van der Waals surface area (Å²) in [6.45, 7) is 11.3. The number of aryl methyl sites for hydroxylation is 2. The number of likely N-dealkylation sites (N-methyl/N-ethyl adjacent to an activating group) is 1. The van der Waals surface area contributed by atoms with Crippen molar-refractivity contribution in [1.29, 1.82) is 0 Å². The number of thiazole rings is 1. The molecule has 0 radical (unpaired) electrons. The van der Waals surface area contributed by atoms with Crippen LogP contribution in [0.4, 0.5) is 10.8 Å². The summed E-state index contributed by atoms with van der Waals surface area (Å²) < 4.78 is 1.04. The Balaban J connectivity index is 1.71. The van der Waals surface area contributed by atoms with Gasteiger partial charge in [0.1, 0.15) is 0 Å². The number of carbonyl (C=O) groups excluding carboxylic acids is 3. The zero-order chi connectivity index (χ0) is 24.4. The molecule has 1 aliphatic rings. The Bertz CT molecular complexity index is 1230. The fourth-order valence-corrected chi connectivity index (χ4v) is 5.24. The number of anilines is 2. The molecule has 3 aromatic rings. The minimum Gasteiger partial charge on any atom is -0.302 e. The summed E-state index contributed by atoms with van der Waals surface area (Å²) in [6, 6.07) is 10.9. The average Bonchev–Trinajstić information content (AvgIpc) is 3.42. The van der Waals surface area contributed by atoms with Crippen LogP contribution in [0.25, 0.3) is 10.2 Å². The van der Waals surface area contributed by atoms with Crippen molar-refractivity contribution in [2.45, 2.75) is 40.5 Å². The number of fused-ring (bicyclic) bond motifs is 1. The van der Waals surface area contributed by atoms with Crippen LogP contribution in [-0.2, 0) is 9.59 Å². The second-order valence-electron chi connectivity index (χ2n) is 8.51. The highest BCUT2D eigenvalue weighted by molar-refractivity contribution is 7.22. The Morgan fingerprint density at radius 2 is 1.74 bits per heavy atom. The summed E-state index contributed by atoms with van der Waals surface area (Å²) in [5.74, 6) is -0.656. The molecule has 34 heavy (non-hydrogen) atoms. The molecule has 1 aromatic heterocycles. The molecule has 0 aliphatic carbocycles. The smallest absolute Gasteiger partial charge is 0.260 e. The van der Waals surface area contributed by atoms with Gasteiger partial charge in [-0.3, -0.25) is 24.2 Å². The summed E-state index contributed by atoms with van der Waals surface area (Å²) in [5.41, 5.74) is 4.07. The maximum Gasteiger partial charge on any atom is 0.260 e. The molecule has 2 aromatic carbocycles. The normalized spacial score (nSPS) is 14.0. The highest BCUT2D eigenvalue weighted by atomic mass is 32.1. The molecule has 1 saturated heterocycles. The number of amides is 3. The molecule has 4 rings (SSSR count). The number of benzene rings is 2. The summed E-state index contributed by atoms with van der Waals surface area (Å²) in [5, 5.41) is 0.652. The van der Waals surface area contributed by atoms with Crippen LogP contribution in [0.1, 0.15) is 48.2 Å². The van der Waals surface area contributed by atoms with E-state index in [0.717, 1.165) is 41.0 Å². The largest absolute Gasteiger partial charge is 0.302 e. The van der Waals surface area contributed by atoms with Gasteiger partial charge in [-0.05, 0) is 62.3 Å². The van der Waals surface area contributed by atoms with Gasteiger partial charge in [-0.25, -0.2) is 4.98 Å². The number of carbonyl (C=O) groups is 3. The van der Waals surface area contributed by atoms with E-state index in [1.807, 2.05) is 0 Å².